The van der Waals surface area contributed by atoms with Crippen molar-refractivity contribution in [3.05, 3.63) is 132 Å². The summed E-state index contributed by atoms with van der Waals surface area (Å²) < 4.78 is 0. The molecule has 2 aliphatic heterocycles. The number of H-pyrrole nitrogens is 1. The Kier molecular flexibility index (Phi) is 44.1. The maximum absolute atomic E-state index is 14.8. The van der Waals surface area contributed by atoms with Gasteiger partial charge < -0.3 is 128 Å². The maximum atomic E-state index is 14.8. The van der Waals surface area contributed by atoms with Gasteiger partial charge in [0, 0.05) is 62.3 Å². The molecule has 1 aromatic heterocycles. The molecule has 2 aliphatic rings. The zero-order valence-corrected chi connectivity index (χ0v) is 76.8. The highest BCUT2D eigenvalue weighted by atomic mass is 16.4. The van der Waals surface area contributed by atoms with Crippen LogP contribution in [0.1, 0.15) is 179 Å². The van der Waals surface area contributed by atoms with E-state index in [1.165, 1.54) is 65.3 Å². The number of carbonyl (C=O) groups is 17. The van der Waals surface area contributed by atoms with E-state index in [9.17, 15) is 96.8 Å². The number of hydrogen-bond acceptors (Lipinski definition) is 23. The number of aromatic amines is 1. The number of carboxylic acids is 1. The van der Waals surface area contributed by atoms with Gasteiger partial charge in [-0.2, -0.15) is 0 Å². The monoisotopic (exact) mass is 1870 g/mol. The van der Waals surface area contributed by atoms with Gasteiger partial charge in [0.15, 0.2) is 0 Å². The third kappa shape index (κ3) is 34.5. The van der Waals surface area contributed by atoms with Gasteiger partial charge in [-0.1, -0.05) is 107 Å². The van der Waals surface area contributed by atoms with Crippen LogP contribution >= 0.6 is 0 Å². The molecule has 0 aliphatic carbocycles. The first kappa shape index (κ1) is 108. The number of para-hydroxylation sites is 1. The number of benzene rings is 4. The SMILES string of the molecule is CC[C@H](C)[C@H](NC(=O)[C@H](CC(C)C)NC(=O)[C@H](Cc1ccccc1)NC(=O)[C@H](CCCCN)NC(=O)[C@@H]1CCCN1C(=O)[C@H](C)NC(=O)[C@H](CCCCN)NC(=O)CNC(=O)[C@@H]1CCCN1C(=O)[C@H](CCCCN)NC(=O)[C@H](CCC(N)=O)NC(=O)[C@H](CCC(N)=O)NC(=O)[C@H](Cc1ccc(O)cc1)NC(=O)[C@@H](N)Cc1c[nH]c2ccccc12)C(=O)N[C@@H](Cc1ccc(O)cc1)C(=O)O. The van der Waals surface area contributed by atoms with Crippen LogP contribution < -0.4 is 98.2 Å². The van der Waals surface area contributed by atoms with Crippen LogP contribution in [0.4, 0.5) is 0 Å². The highest BCUT2D eigenvalue weighted by molar-refractivity contribution is 6.01. The molecule has 134 heavy (non-hydrogen) atoms. The molecular formula is C93H135N21O20. The zero-order valence-electron chi connectivity index (χ0n) is 76.8. The van der Waals surface area contributed by atoms with E-state index >= 15 is 0 Å². The first-order chi connectivity index (χ1) is 63.9. The van der Waals surface area contributed by atoms with Gasteiger partial charge in [0.1, 0.15) is 90.0 Å². The number of aliphatic carboxylic acids is 1. The summed E-state index contributed by atoms with van der Waals surface area (Å²) >= 11 is 0. The van der Waals surface area contributed by atoms with Crippen molar-refractivity contribution in [2.24, 2.45) is 46.2 Å². The number of fused-ring (bicyclic) bond motifs is 1. The third-order valence-corrected chi connectivity index (χ3v) is 23.7. The number of carboxylic acid groups (broad SMARTS) is 1. The van der Waals surface area contributed by atoms with E-state index in [4.69, 9.17) is 34.4 Å². The summed E-state index contributed by atoms with van der Waals surface area (Å²) in [6.07, 6.45) is 2.79. The van der Waals surface area contributed by atoms with Gasteiger partial charge in [-0.25, -0.2) is 4.79 Å². The Morgan fingerprint density at radius 2 is 0.851 bits per heavy atom. The number of likely N-dealkylation sites (tertiary alicyclic amines) is 2. The lowest BCUT2D eigenvalue weighted by Crippen LogP contribution is -2.61. The number of nitrogens with two attached hydrogens (primary N) is 6. The Bertz CT molecular complexity index is 4810. The van der Waals surface area contributed by atoms with Gasteiger partial charge in [-0.15, -0.1) is 0 Å². The largest absolute Gasteiger partial charge is 0.508 e. The van der Waals surface area contributed by atoms with Crippen LogP contribution in [-0.2, 0) is 107 Å². The molecule has 16 amide bonds. The minimum atomic E-state index is -1.65. The van der Waals surface area contributed by atoms with Gasteiger partial charge in [0.2, 0.25) is 94.5 Å². The molecule has 0 saturated carbocycles. The molecule has 732 valence electrons. The summed E-state index contributed by atoms with van der Waals surface area (Å²) in [5.41, 5.74) is 38.2. The summed E-state index contributed by atoms with van der Waals surface area (Å²) in [4.78, 5) is 245. The van der Waals surface area contributed by atoms with Crippen LogP contribution in [0, 0.1) is 11.8 Å². The number of aromatic hydroxyl groups is 2. The molecule has 4 aromatic carbocycles. The van der Waals surface area contributed by atoms with Crippen LogP contribution in [0.2, 0.25) is 0 Å². The number of nitrogens with zero attached hydrogens (tertiary/aromatic N) is 2. The number of nitrogens with one attached hydrogen (secondary N) is 13. The molecule has 0 unspecified atom stereocenters. The molecule has 0 radical (unpaired) electrons. The molecule has 2 saturated heterocycles. The first-order valence-corrected chi connectivity index (χ1v) is 45.9. The normalized spacial score (nSPS) is 16.5. The Morgan fingerprint density at radius 1 is 0.433 bits per heavy atom. The van der Waals surface area contributed by atoms with Gasteiger partial charge >= 0.3 is 5.97 Å². The van der Waals surface area contributed by atoms with Gasteiger partial charge in [0.05, 0.1) is 12.6 Å². The Labute approximate surface area is 778 Å². The second-order valence-electron chi connectivity index (χ2n) is 34.7. The van der Waals surface area contributed by atoms with Crippen molar-refractivity contribution in [2.75, 3.05) is 39.3 Å². The van der Waals surface area contributed by atoms with Gasteiger partial charge in [-0.05, 0) is 200 Å². The van der Waals surface area contributed by atoms with E-state index in [-0.39, 0.29) is 127 Å². The fourth-order valence-electron chi connectivity index (χ4n) is 16.0. The van der Waals surface area contributed by atoms with Crippen molar-refractivity contribution in [3.8, 4) is 11.5 Å². The number of hydrogen-bond donors (Lipinski definition) is 22. The van der Waals surface area contributed by atoms with Crippen molar-refractivity contribution in [3.63, 3.8) is 0 Å². The Balaban J connectivity index is 0.987. The van der Waals surface area contributed by atoms with Crippen molar-refractivity contribution >= 4 is 111 Å². The first-order valence-electron chi connectivity index (χ1n) is 45.9. The number of rotatable bonds is 57. The maximum Gasteiger partial charge on any atom is 0.326 e. The molecule has 28 N–H and O–H groups in total. The molecular weight excluding hydrogens is 1730 g/mol. The summed E-state index contributed by atoms with van der Waals surface area (Å²) in [7, 11) is 0. The van der Waals surface area contributed by atoms with Gasteiger partial charge in [0.25, 0.3) is 0 Å². The van der Waals surface area contributed by atoms with Crippen LogP contribution in [0.25, 0.3) is 10.9 Å². The lowest BCUT2D eigenvalue weighted by molar-refractivity contribution is -0.142. The number of aromatic nitrogens is 1. The minimum Gasteiger partial charge on any atom is -0.508 e. The number of phenols is 2. The molecule has 41 heteroatoms. The second kappa shape index (κ2) is 54.7. The smallest absolute Gasteiger partial charge is 0.326 e. The fourth-order valence-corrected chi connectivity index (χ4v) is 16.0. The summed E-state index contributed by atoms with van der Waals surface area (Å²) in [6, 6.07) is 8.50. The summed E-state index contributed by atoms with van der Waals surface area (Å²) in [6.45, 7) is 8.43. The van der Waals surface area contributed by atoms with Gasteiger partial charge in [-0.3, -0.25) is 76.7 Å². The summed E-state index contributed by atoms with van der Waals surface area (Å²) in [5.74, 6) is -15.5. The Hall–Kier alpha value is -13.2. The van der Waals surface area contributed by atoms with Crippen LogP contribution in [0.15, 0.2) is 109 Å². The topological polar surface area (TPSA) is 674 Å². The van der Waals surface area contributed by atoms with E-state index in [1.807, 2.05) is 38.1 Å². The van der Waals surface area contributed by atoms with Crippen LogP contribution in [-0.4, -0.2) is 254 Å². The fraction of sp³-hybridized carbons (Fsp3) is 0.538. The van der Waals surface area contributed by atoms with E-state index < -0.39 is 223 Å². The zero-order chi connectivity index (χ0) is 98.3. The highest BCUT2D eigenvalue weighted by Gasteiger charge is 2.43. The second-order valence-corrected chi connectivity index (χ2v) is 34.7. The van der Waals surface area contributed by atoms with E-state index in [0.717, 1.165) is 16.5 Å². The van der Waals surface area contributed by atoms with Crippen molar-refractivity contribution in [2.45, 2.75) is 267 Å². The predicted octanol–water partition coefficient (Wildman–Crippen LogP) is -1.28. The average molecular weight is 1870 g/mol. The number of primary amides is 2. The van der Waals surface area contributed by atoms with Crippen molar-refractivity contribution < 1.29 is 96.8 Å². The quantitative estimate of drug-likeness (QED) is 0.0202. The number of amides is 16. The van der Waals surface area contributed by atoms with E-state index in [0.29, 0.717) is 61.6 Å². The average Bonchev–Trinajstić information content (AvgIpc) is 1.67. The predicted molar refractivity (Wildman–Crippen MR) is 495 cm³/mol. The molecule has 2 fully saturated rings. The Morgan fingerprint density at radius 3 is 1.36 bits per heavy atom. The number of carbonyl (C=O) groups excluding carboxylic acids is 16. The lowest BCUT2D eigenvalue weighted by Gasteiger charge is -2.30. The van der Waals surface area contributed by atoms with Crippen LogP contribution in [0.5, 0.6) is 11.5 Å². The lowest BCUT2D eigenvalue weighted by atomic mass is 9.95. The van der Waals surface area contributed by atoms with Crippen LogP contribution in [0.3, 0.4) is 0 Å². The molecule has 0 spiro atoms. The number of phenolic OH excluding ortho intramolecular Hbond substituents is 2. The molecule has 7 rings (SSSR count). The summed E-state index contributed by atoms with van der Waals surface area (Å²) in [5, 5.41) is 62.8. The molecule has 15 atom stereocenters. The highest BCUT2D eigenvalue weighted by Crippen LogP contribution is 2.25. The third-order valence-electron chi connectivity index (χ3n) is 23.7. The van der Waals surface area contributed by atoms with Crippen molar-refractivity contribution in [1.82, 2.24) is 78.6 Å². The molecule has 3 heterocycles. The number of unbranched alkanes of at least 4 members (excludes halogenated alkanes) is 3. The molecule has 41 nitrogen and oxygen atoms in total. The molecule has 0 bridgehead atoms. The minimum absolute atomic E-state index is 0.00000281. The molecule has 5 aromatic rings. The van der Waals surface area contributed by atoms with Crippen molar-refractivity contribution in [1.29, 1.82) is 0 Å². The van der Waals surface area contributed by atoms with E-state index in [1.54, 1.807) is 50.4 Å². The standard InChI is InChI=1S/C93H135N21O20/c1-6-54(4)79(90(130)111-73(93(133)134)49-58-31-35-61(116)36-32-58)112-87(127)70(46-53(2)3)109-86(126)72(47-56-20-8-7-9-21-56)110-82(122)66(25-13-16-42-95)106-89(129)75-28-19-44-113(75)91(131)55(5)102-81(121)65(24-12-15-41-94)103-78(119)52-101-88(128)74-27-18-45-114(74)92(132)69(26-14-17-43-96)107-84(124)68(38-40-77(99)118)104-83(123)67(37-39-76(98)117)105-85(125)71(48-57-29-33-60(115)34-30-57)108-80(120)63(97)50-59-51-100-64-23-11-10-22-62(59)64/h7-11,20-23,29-36,51,53-55,63,65-75,79,100,115-116H,6,12-19,24-28,37-50,52,94-97H2,1-5H3,(H2,98,117)(H2,99,118)(H,101,128)(H,102,121)(H,103,119)(H,104,123)(H,105,125)(H,106,129)(H,107,124)(H,108,120)(H,109,126)(H,110,122)(H,111,130)(H,112,127)(H,133,134)/t54-,55-,63-,65-,66-,67-,68-,69-,70-,71-,72-,73-,74-,75-,79-/m0/s1. The van der Waals surface area contributed by atoms with E-state index in [2.05, 4.69) is 68.8 Å².